The minimum Gasteiger partial charge on any atom is -0.497 e. The largest absolute Gasteiger partial charge is 0.497 e. The van der Waals surface area contributed by atoms with E-state index in [4.69, 9.17) is 4.74 Å². The van der Waals surface area contributed by atoms with Crippen LogP contribution in [-0.2, 0) is 4.79 Å². The van der Waals surface area contributed by atoms with Gasteiger partial charge in [-0.3, -0.25) is 4.79 Å². The third-order valence-corrected chi connectivity index (χ3v) is 4.13. The molecule has 3 aromatic rings. The molecule has 0 aliphatic heterocycles. The predicted molar refractivity (Wildman–Crippen MR) is 93.0 cm³/mol. The van der Waals surface area contributed by atoms with Crippen LogP contribution in [-0.4, -0.2) is 17.6 Å². The number of methoxy groups -OCH3 is 1. The van der Waals surface area contributed by atoms with Crippen molar-refractivity contribution >= 4 is 22.5 Å². The molecule has 4 nitrogen and oxygen atoms in total. The topological polar surface area (TPSA) is 43.3 Å². The number of ether oxygens (including phenoxy) is 1. The number of hydrogen-bond acceptors (Lipinski definition) is 2. The van der Waals surface area contributed by atoms with Gasteiger partial charge in [0.1, 0.15) is 11.8 Å². The van der Waals surface area contributed by atoms with E-state index in [0.717, 1.165) is 27.9 Å². The van der Waals surface area contributed by atoms with Crippen molar-refractivity contribution in [2.75, 3.05) is 12.4 Å². The molecule has 3 rings (SSSR count). The number of amides is 1. The number of fused-ring (bicyclic) bond motifs is 1. The lowest BCUT2D eigenvalue weighted by Gasteiger charge is -2.16. The summed E-state index contributed by atoms with van der Waals surface area (Å²) in [5.41, 5.74) is 2.91. The standard InChI is InChI=1S/C19H20N2O2/c1-13-6-4-5-7-17(13)20-19(22)14(2)21-11-10-15-12-16(23-3)8-9-18(15)21/h4-12,14H,1-3H3,(H,20,22). The Hall–Kier alpha value is -2.75. The number of nitrogens with zero attached hydrogens (tertiary/aromatic N) is 1. The second kappa shape index (κ2) is 6.16. The molecule has 2 aromatic carbocycles. The lowest BCUT2D eigenvalue weighted by molar-refractivity contribution is -0.118. The Morgan fingerprint density at radius 1 is 1.17 bits per heavy atom. The van der Waals surface area contributed by atoms with Gasteiger partial charge >= 0.3 is 0 Å². The Balaban J connectivity index is 1.86. The summed E-state index contributed by atoms with van der Waals surface area (Å²) in [5.74, 6) is 0.778. The van der Waals surface area contributed by atoms with Crippen molar-refractivity contribution < 1.29 is 9.53 Å². The molecule has 1 atom stereocenters. The molecule has 1 N–H and O–H groups in total. The summed E-state index contributed by atoms with van der Waals surface area (Å²) in [4.78, 5) is 12.6. The van der Waals surface area contributed by atoms with Gasteiger partial charge < -0.3 is 14.6 Å². The van der Waals surface area contributed by atoms with Crippen molar-refractivity contribution in [3.8, 4) is 5.75 Å². The summed E-state index contributed by atoms with van der Waals surface area (Å²) in [5, 5.41) is 4.06. The highest BCUT2D eigenvalue weighted by Crippen LogP contribution is 2.25. The number of anilines is 1. The van der Waals surface area contributed by atoms with Crippen molar-refractivity contribution in [2.45, 2.75) is 19.9 Å². The van der Waals surface area contributed by atoms with Crippen LogP contribution in [0.1, 0.15) is 18.5 Å². The fraction of sp³-hybridized carbons (Fsp3) is 0.211. The van der Waals surface area contributed by atoms with Crippen molar-refractivity contribution in [1.82, 2.24) is 4.57 Å². The van der Waals surface area contributed by atoms with Gasteiger partial charge in [0.15, 0.2) is 0 Å². The van der Waals surface area contributed by atoms with Crippen LogP contribution in [0.4, 0.5) is 5.69 Å². The molecule has 0 saturated heterocycles. The van der Waals surface area contributed by atoms with Crippen LogP contribution >= 0.6 is 0 Å². The Kier molecular flexibility index (Phi) is 4.06. The van der Waals surface area contributed by atoms with Gasteiger partial charge in [0, 0.05) is 22.8 Å². The minimum atomic E-state index is -0.305. The van der Waals surface area contributed by atoms with E-state index in [9.17, 15) is 4.79 Å². The lowest BCUT2D eigenvalue weighted by Crippen LogP contribution is -2.23. The van der Waals surface area contributed by atoms with E-state index >= 15 is 0 Å². The van der Waals surface area contributed by atoms with Crippen LogP contribution < -0.4 is 10.1 Å². The number of nitrogens with one attached hydrogen (secondary N) is 1. The number of aryl methyl sites for hydroxylation is 1. The highest BCUT2D eigenvalue weighted by molar-refractivity contribution is 5.95. The van der Waals surface area contributed by atoms with Gasteiger partial charge in [0.2, 0.25) is 5.91 Å². The van der Waals surface area contributed by atoms with Gasteiger partial charge in [-0.2, -0.15) is 0 Å². The van der Waals surface area contributed by atoms with Gasteiger partial charge in [-0.15, -0.1) is 0 Å². The van der Waals surface area contributed by atoms with E-state index in [1.54, 1.807) is 7.11 Å². The Morgan fingerprint density at radius 3 is 2.70 bits per heavy atom. The predicted octanol–water partition coefficient (Wildman–Crippen LogP) is 4.16. The fourth-order valence-corrected chi connectivity index (χ4v) is 2.68. The molecule has 118 valence electrons. The minimum absolute atomic E-state index is 0.0346. The Morgan fingerprint density at radius 2 is 1.96 bits per heavy atom. The van der Waals surface area contributed by atoms with E-state index < -0.39 is 0 Å². The first-order chi connectivity index (χ1) is 11.1. The average molecular weight is 308 g/mol. The van der Waals surface area contributed by atoms with E-state index in [1.807, 2.05) is 73.1 Å². The smallest absolute Gasteiger partial charge is 0.247 e. The molecule has 0 aliphatic rings. The van der Waals surface area contributed by atoms with Crippen molar-refractivity contribution in [1.29, 1.82) is 0 Å². The van der Waals surface area contributed by atoms with E-state index in [2.05, 4.69) is 5.32 Å². The number of carbonyl (C=O) groups is 1. The quantitative estimate of drug-likeness (QED) is 0.786. The zero-order valence-corrected chi connectivity index (χ0v) is 13.5. The first kappa shape index (κ1) is 15.2. The highest BCUT2D eigenvalue weighted by Gasteiger charge is 2.17. The van der Waals surface area contributed by atoms with Crippen molar-refractivity contribution in [2.24, 2.45) is 0 Å². The number of aromatic nitrogens is 1. The van der Waals surface area contributed by atoms with Gasteiger partial charge in [-0.1, -0.05) is 18.2 Å². The van der Waals surface area contributed by atoms with Crippen LogP contribution in [0.2, 0.25) is 0 Å². The number of carbonyl (C=O) groups excluding carboxylic acids is 1. The Labute approximate surface area is 135 Å². The number of para-hydroxylation sites is 1. The van der Waals surface area contributed by atoms with Gasteiger partial charge in [-0.25, -0.2) is 0 Å². The maximum Gasteiger partial charge on any atom is 0.247 e. The maximum atomic E-state index is 12.6. The Bertz CT molecular complexity index is 851. The molecule has 0 aliphatic carbocycles. The van der Waals surface area contributed by atoms with Gasteiger partial charge in [-0.05, 0) is 49.7 Å². The average Bonchev–Trinajstić information content (AvgIpc) is 2.99. The van der Waals surface area contributed by atoms with Crippen LogP contribution in [0.5, 0.6) is 5.75 Å². The van der Waals surface area contributed by atoms with Crippen molar-refractivity contribution in [3.05, 3.63) is 60.3 Å². The molecule has 0 radical (unpaired) electrons. The maximum absolute atomic E-state index is 12.6. The van der Waals surface area contributed by atoms with Crippen LogP contribution in [0, 0.1) is 6.92 Å². The summed E-state index contributed by atoms with van der Waals surface area (Å²) in [7, 11) is 1.65. The normalized spacial score (nSPS) is 12.1. The van der Waals surface area contributed by atoms with Crippen molar-refractivity contribution in [3.63, 3.8) is 0 Å². The first-order valence-electron chi connectivity index (χ1n) is 7.61. The van der Waals surface area contributed by atoms with Crippen LogP contribution in [0.25, 0.3) is 10.9 Å². The van der Waals surface area contributed by atoms with E-state index in [1.165, 1.54) is 0 Å². The monoisotopic (exact) mass is 308 g/mol. The molecule has 1 unspecified atom stereocenters. The third kappa shape index (κ3) is 2.93. The molecule has 4 heteroatoms. The zero-order chi connectivity index (χ0) is 16.4. The highest BCUT2D eigenvalue weighted by atomic mass is 16.5. The zero-order valence-electron chi connectivity index (χ0n) is 13.5. The number of hydrogen-bond donors (Lipinski definition) is 1. The van der Waals surface area contributed by atoms with Gasteiger partial charge in [0.25, 0.3) is 0 Å². The number of benzene rings is 2. The molecule has 0 bridgehead atoms. The molecular weight excluding hydrogens is 288 g/mol. The molecule has 1 heterocycles. The summed E-state index contributed by atoms with van der Waals surface area (Å²) in [6.45, 7) is 3.88. The second-order valence-electron chi connectivity index (χ2n) is 5.63. The lowest BCUT2D eigenvalue weighted by atomic mass is 10.2. The second-order valence-corrected chi connectivity index (χ2v) is 5.63. The summed E-state index contributed by atoms with van der Waals surface area (Å²) >= 11 is 0. The molecular formula is C19H20N2O2. The SMILES string of the molecule is COc1ccc2c(ccn2C(C)C(=O)Nc2ccccc2C)c1. The molecule has 0 fully saturated rings. The van der Waals surface area contributed by atoms with E-state index in [-0.39, 0.29) is 11.9 Å². The number of rotatable bonds is 4. The summed E-state index contributed by atoms with van der Waals surface area (Å²) < 4.78 is 7.22. The first-order valence-corrected chi connectivity index (χ1v) is 7.61. The van der Waals surface area contributed by atoms with E-state index in [0.29, 0.717) is 0 Å². The molecule has 1 amide bonds. The molecule has 0 spiro atoms. The molecule has 23 heavy (non-hydrogen) atoms. The third-order valence-electron chi connectivity index (χ3n) is 4.13. The summed E-state index contributed by atoms with van der Waals surface area (Å²) in [6.07, 6.45) is 1.94. The molecule has 1 aromatic heterocycles. The van der Waals surface area contributed by atoms with Gasteiger partial charge in [0.05, 0.1) is 7.11 Å². The fourth-order valence-electron chi connectivity index (χ4n) is 2.68. The van der Waals surface area contributed by atoms with Crippen LogP contribution in [0.15, 0.2) is 54.7 Å². The van der Waals surface area contributed by atoms with Crippen LogP contribution in [0.3, 0.4) is 0 Å². The summed E-state index contributed by atoms with van der Waals surface area (Å²) in [6, 6.07) is 15.3. The molecule has 0 saturated carbocycles.